The molecule has 1 aromatic heterocycles. The fourth-order valence-corrected chi connectivity index (χ4v) is 3.11. The summed E-state index contributed by atoms with van der Waals surface area (Å²) in [5, 5.41) is 2.96. The number of carbonyl (C=O) groups is 2. The highest BCUT2D eigenvalue weighted by Gasteiger charge is 2.20. The topological polar surface area (TPSA) is 78.4 Å². The Bertz CT molecular complexity index is 599. The molecule has 1 atom stereocenters. The van der Waals surface area contributed by atoms with Gasteiger partial charge in [0.15, 0.2) is 0 Å². The minimum atomic E-state index is -0.157. The van der Waals surface area contributed by atoms with Gasteiger partial charge in [0.2, 0.25) is 5.91 Å². The number of rotatable bonds is 9. The van der Waals surface area contributed by atoms with E-state index in [4.69, 9.17) is 0 Å². The lowest BCUT2D eigenvalue weighted by Crippen LogP contribution is -2.42. The van der Waals surface area contributed by atoms with Crippen molar-refractivity contribution in [3.63, 3.8) is 0 Å². The van der Waals surface area contributed by atoms with Crippen molar-refractivity contribution in [1.29, 1.82) is 0 Å². The highest BCUT2D eigenvalue weighted by molar-refractivity contribution is 5.92. The summed E-state index contributed by atoms with van der Waals surface area (Å²) in [6, 6.07) is 0.151. The van der Waals surface area contributed by atoms with Gasteiger partial charge in [-0.15, -0.1) is 0 Å². The molecule has 1 aromatic rings. The van der Waals surface area contributed by atoms with Crippen molar-refractivity contribution in [2.45, 2.75) is 58.9 Å². The average Bonchev–Trinajstić information content (AvgIpc) is 2.68. The number of amides is 2. The number of likely N-dealkylation sites (tertiary alicyclic amines) is 1. The molecule has 2 heterocycles. The molecule has 2 rings (SSSR count). The minimum Gasteiger partial charge on any atom is -0.354 e. The van der Waals surface area contributed by atoms with E-state index in [2.05, 4.69) is 20.2 Å². The van der Waals surface area contributed by atoms with E-state index in [9.17, 15) is 9.59 Å². The predicted octanol–water partition coefficient (Wildman–Crippen LogP) is 2.02. The molecule has 7 nitrogen and oxygen atoms in total. The van der Waals surface area contributed by atoms with Gasteiger partial charge in [0, 0.05) is 38.3 Å². The molecule has 1 saturated heterocycles. The first-order valence-electron chi connectivity index (χ1n) is 10.1. The van der Waals surface area contributed by atoms with E-state index in [1.807, 2.05) is 20.8 Å². The van der Waals surface area contributed by atoms with Crippen LogP contribution in [0.25, 0.3) is 0 Å². The lowest BCUT2D eigenvalue weighted by molar-refractivity contribution is -0.121. The van der Waals surface area contributed by atoms with E-state index < -0.39 is 0 Å². The van der Waals surface area contributed by atoms with Crippen LogP contribution in [0.4, 0.5) is 0 Å². The van der Waals surface area contributed by atoms with Crippen molar-refractivity contribution in [2.75, 3.05) is 32.7 Å². The molecule has 0 aliphatic carbocycles. The number of aryl methyl sites for hydroxylation is 1. The maximum Gasteiger partial charge on any atom is 0.274 e. The molecule has 0 spiro atoms. The summed E-state index contributed by atoms with van der Waals surface area (Å²) >= 11 is 0. The number of carbonyl (C=O) groups excluding carboxylic acids is 2. The zero-order valence-corrected chi connectivity index (χ0v) is 16.9. The van der Waals surface area contributed by atoms with E-state index in [0.29, 0.717) is 25.2 Å². The van der Waals surface area contributed by atoms with Crippen LogP contribution in [-0.2, 0) is 4.79 Å². The van der Waals surface area contributed by atoms with Gasteiger partial charge in [-0.05, 0) is 46.2 Å². The van der Waals surface area contributed by atoms with Gasteiger partial charge in [0.05, 0.1) is 11.9 Å². The maximum atomic E-state index is 12.9. The average molecular weight is 376 g/mol. The Morgan fingerprint density at radius 3 is 2.56 bits per heavy atom. The second kappa shape index (κ2) is 11.0. The Balaban J connectivity index is 1.96. The summed E-state index contributed by atoms with van der Waals surface area (Å²) in [7, 11) is 0. The van der Waals surface area contributed by atoms with E-state index in [1.54, 1.807) is 11.1 Å². The number of nitrogens with one attached hydrogen (secondary N) is 1. The molecule has 0 bridgehead atoms. The monoisotopic (exact) mass is 375 g/mol. The molecule has 150 valence electrons. The highest BCUT2D eigenvalue weighted by Crippen LogP contribution is 2.09. The van der Waals surface area contributed by atoms with Gasteiger partial charge < -0.3 is 15.1 Å². The van der Waals surface area contributed by atoms with Gasteiger partial charge in [-0.2, -0.15) is 0 Å². The van der Waals surface area contributed by atoms with Crippen molar-refractivity contribution < 1.29 is 9.59 Å². The van der Waals surface area contributed by atoms with Crippen LogP contribution in [0.2, 0.25) is 0 Å². The van der Waals surface area contributed by atoms with Gasteiger partial charge >= 0.3 is 0 Å². The summed E-state index contributed by atoms with van der Waals surface area (Å²) in [5.74, 6) is -0.175. The molecule has 0 radical (unpaired) electrons. The summed E-state index contributed by atoms with van der Waals surface area (Å²) in [6.07, 6.45) is 8.03. The third kappa shape index (κ3) is 7.25. The van der Waals surface area contributed by atoms with Gasteiger partial charge in [0.25, 0.3) is 5.91 Å². The molecular formula is C20H33N5O2. The van der Waals surface area contributed by atoms with Crippen LogP contribution in [0, 0.1) is 6.92 Å². The quantitative estimate of drug-likeness (QED) is 0.714. The summed E-state index contributed by atoms with van der Waals surface area (Å²) in [5.41, 5.74) is 1.11. The normalized spacial score (nSPS) is 16.0. The molecule has 7 heteroatoms. The van der Waals surface area contributed by atoms with E-state index in [1.165, 1.54) is 25.5 Å². The Hall–Kier alpha value is -2.02. The first-order valence-corrected chi connectivity index (χ1v) is 10.1. The van der Waals surface area contributed by atoms with Crippen LogP contribution >= 0.6 is 0 Å². The third-order valence-corrected chi connectivity index (χ3v) is 5.05. The number of nitrogens with zero attached hydrogens (tertiary/aromatic N) is 4. The summed E-state index contributed by atoms with van der Waals surface area (Å²) < 4.78 is 0. The molecule has 1 N–H and O–H groups in total. The molecule has 0 aromatic carbocycles. The van der Waals surface area contributed by atoms with Crippen molar-refractivity contribution >= 4 is 11.8 Å². The second-order valence-corrected chi connectivity index (χ2v) is 7.36. The van der Waals surface area contributed by atoms with Gasteiger partial charge in [-0.1, -0.05) is 13.3 Å². The molecule has 27 heavy (non-hydrogen) atoms. The zero-order chi connectivity index (χ0) is 19.6. The van der Waals surface area contributed by atoms with Gasteiger partial charge in [-0.3, -0.25) is 14.6 Å². The largest absolute Gasteiger partial charge is 0.354 e. The van der Waals surface area contributed by atoms with Gasteiger partial charge in [-0.25, -0.2) is 4.98 Å². The van der Waals surface area contributed by atoms with E-state index in [0.717, 1.165) is 31.7 Å². The van der Waals surface area contributed by atoms with Crippen LogP contribution in [0.1, 0.15) is 62.1 Å². The molecule has 0 saturated carbocycles. The number of hydrogen-bond acceptors (Lipinski definition) is 5. The van der Waals surface area contributed by atoms with Crippen LogP contribution < -0.4 is 5.32 Å². The first-order chi connectivity index (χ1) is 13.0. The first kappa shape index (κ1) is 21.3. The summed E-state index contributed by atoms with van der Waals surface area (Å²) in [6.45, 7) is 9.86. The molecule has 0 unspecified atom stereocenters. The van der Waals surface area contributed by atoms with Crippen LogP contribution in [0.3, 0.4) is 0 Å². The van der Waals surface area contributed by atoms with E-state index in [-0.39, 0.29) is 17.9 Å². The lowest BCUT2D eigenvalue weighted by Gasteiger charge is -2.30. The smallest absolute Gasteiger partial charge is 0.274 e. The zero-order valence-electron chi connectivity index (χ0n) is 16.9. The number of aromatic nitrogens is 2. The third-order valence-electron chi connectivity index (χ3n) is 5.05. The van der Waals surface area contributed by atoms with Crippen LogP contribution in [-0.4, -0.2) is 70.3 Å². The van der Waals surface area contributed by atoms with Crippen molar-refractivity contribution in [3.05, 3.63) is 23.8 Å². The number of hydrogen-bond donors (Lipinski definition) is 1. The molecule has 2 amide bonds. The second-order valence-electron chi connectivity index (χ2n) is 7.36. The molecular weight excluding hydrogens is 342 g/mol. The van der Waals surface area contributed by atoms with Crippen molar-refractivity contribution in [1.82, 2.24) is 25.1 Å². The van der Waals surface area contributed by atoms with Gasteiger partial charge in [0.1, 0.15) is 5.69 Å². The Kier molecular flexibility index (Phi) is 8.64. The standard InChI is InChI=1S/C20H33N5O2/c1-4-16(2)23-19(26)8-11-25(13-12-24-9-6-5-7-10-24)20(27)18-15-21-17(3)14-22-18/h14-16H,4-13H2,1-3H3,(H,23,26)/t16-/m1/s1. The molecule has 1 fully saturated rings. The van der Waals surface area contributed by atoms with E-state index >= 15 is 0 Å². The molecule has 1 aliphatic heterocycles. The maximum absolute atomic E-state index is 12.9. The Labute approximate surface area is 162 Å². The lowest BCUT2D eigenvalue weighted by atomic mass is 10.1. The summed E-state index contributed by atoms with van der Waals surface area (Å²) in [4.78, 5) is 37.6. The minimum absolute atomic E-state index is 0.0184. The van der Waals surface area contributed by atoms with Crippen molar-refractivity contribution in [3.8, 4) is 0 Å². The predicted molar refractivity (Wildman–Crippen MR) is 105 cm³/mol. The number of piperidine rings is 1. The van der Waals surface area contributed by atoms with Crippen LogP contribution in [0.5, 0.6) is 0 Å². The SMILES string of the molecule is CC[C@@H](C)NC(=O)CCN(CCN1CCCCC1)C(=O)c1cnc(C)cn1. The Morgan fingerprint density at radius 2 is 1.93 bits per heavy atom. The Morgan fingerprint density at radius 1 is 1.19 bits per heavy atom. The fraction of sp³-hybridized carbons (Fsp3) is 0.700. The fourth-order valence-electron chi connectivity index (χ4n) is 3.11. The highest BCUT2D eigenvalue weighted by atomic mass is 16.2. The molecule has 1 aliphatic rings. The van der Waals surface area contributed by atoms with Crippen molar-refractivity contribution in [2.24, 2.45) is 0 Å². The van der Waals surface area contributed by atoms with Crippen LogP contribution in [0.15, 0.2) is 12.4 Å².